The quantitative estimate of drug-likeness (QED) is 0.548. The molecule has 0 aliphatic heterocycles. The van der Waals surface area contributed by atoms with Crippen molar-refractivity contribution in [3.63, 3.8) is 0 Å². The van der Waals surface area contributed by atoms with Gasteiger partial charge in [0.25, 0.3) is 5.91 Å². The summed E-state index contributed by atoms with van der Waals surface area (Å²) in [5.41, 5.74) is 5.11. The van der Waals surface area contributed by atoms with Crippen molar-refractivity contribution in [1.82, 2.24) is 15.3 Å². The first kappa shape index (κ1) is 23.5. The van der Waals surface area contributed by atoms with Gasteiger partial charge in [0.1, 0.15) is 17.0 Å². The van der Waals surface area contributed by atoms with Gasteiger partial charge in [-0.05, 0) is 44.0 Å². The van der Waals surface area contributed by atoms with Gasteiger partial charge in [-0.3, -0.25) is 4.79 Å². The van der Waals surface area contributed by atoms with E-state index in [0.29, 0.717) is 17.5 Å². The van der Waals surface area contributed by atoms with Gasteiger partial charge in [-0.1, -0.05) is 13.8 Å². The van der Waals surface area contributed by atoms with Crippen molar-refractivity contribution in [3.05, 3.63) is 41.4 Å². The second kappa shape index (κ2) is 9.15. The van der Waals surface area contributed by atoms with Crippen LogP contribution >= 0.6 is 0 Å². The monoisotopic (exact) mass is 450 g/mol. The Morgan fingerprint density at radius 1 is 1.16 bits per heavy atom. The Kier molecular flexibility index (Phi) is 6.73. The molecule has 3 aromatic rings. The van der Waals surface area contributed by atoms with Crippen LogP contribution in [-0.4, -0.2) is 28.5 Å². The lowest BCUT2D eigenvalue weighted by molar-refractivity contribution is -0.140. The topological polar surface area (TPSA) is 103 Å². The Hall–Kier alpha value is -3.14. The number of nitrogens with zero attached hydrogens (tertiary/aromatic N) is 2. The molecular formula is C22H25F3N4O3. The molecule has 1 amide bonds. The van der Waals surface area contributed by atoms with Crippen LogP contribution in [0.1, 0.15) is 49.6 Å². The number of carbonyl (C=O) groups is 1. The number of amides is 1. The highest BCUT2D eigenvalue weighted by Gasteiger charge is 2.33. The molecule has 2 heterocycles. The highest BCUT2D eigenvalue weighted by atomic mass is 19.4. The largest absolute Gasteiger partial charge is 0.489 e. The van der Waals surface area contributed by atoms with Gasteiger partial charge >= 0.3 is 6.18 Å². The van der Waals surface area contributed by atoms with E-state index in [0.717, 1.165) is 6.07 Å². The zero-order valence-corrected chi connectivity index (χ0v) is 18.2. The second-order valence-electron chi connectivity index (χ2n) is 7.97. The summed E-state index contributed by atoms with van der Waals surface area (Å²) in [6.45, 7) is 7.80. The number of benzene rings is 1. The minimum absolute atomic E-state index is 0.0179. The van der Waals surface area contributed by atoms with Gasteiger partial charge in [0.15, 0.2) is 11.5 Å². The molecule has 172 valence electrons. The van der Waals surface area contributed by atoms with Crippen LogP contribution in [0.3, 0.4) is 0 Å². The molecule has 0 saturated carbocycles. The maximum Gasteiger partial charge on any atom is 0.433 e. The number of aromatic nitrogens is 2. The Morgan fingerprint density at radius 2 is 1.88 bits per heavy atom. The number of rotatable bonds is 7. The van der Waals surface area contributed by atoms with Gasteiger partial charge in [-0.25, -0.2) is 9.97 Å². The van der Waals surface area contributed by atoms with Gasteiger partial charge in [0, 0.05) is 17.5 Å². The number of fused-ring (bicyclic) bond motifs is 1. The molecule has 3 rings (SSSR count). The summed E-state index contributed by atoms with van der Waals surface area (Å²) < 4.78 is 51.2. The summed E-state index contributed by atoms with van der Waals surface area (Å²) in [5, 5.41) is 3.10. The molecule has 0 saturated heterocycles. The van der Waals surface area contributed by atoms with E-state index in [1.807, 2.05) is 13.8 Å². The van der Waals surface area contributed by atoms with E-state index in [-0.39, 0.29) is 47.2 Å². The zero-order valence-electron chi connectivity index (χ0n) is 18.2. The number of oxazole rings is 1. The molecule has 0 aliphatic carbocycles. The van der Waals surface area contributed by atoms with Gasteiger partial charge < -0.3 is 20.2 Å². The first-order valence-electron chi connectivity index (χ1n) is 10.2. The van der Waals surface area contributed by atoms with E-state index in [1.165, 1.54) is 12.1 Å². The fourth-order valence-corrected chi connectivity index (χ4v) is 3.05. The summed E-state index contributed by atoms with van der Waals surface area (Å²) >= 11 is 0. The van der Waals surface area contributed by atoms with Crippen LogP contribution < -0.4 is 15.8 Å². The molecule has 7 nitrogen and oxygen atoms in total. The van der Waals surface area contributed by atoms with Crippen LogP contribution in [-0.2, 0) is 12.7 Å². The second-order valence-corrected chi connectivity index (χ2v) is 7.97. The van der Waals surface area contributed by atoms with Crippen molar-refractivity contribution in [2.45, 2.75) is 46.5 Å². The molecule has 0 radical (unpaired) electrons. The first-order valence-corrected chi connectivity index (χ1v) is 10.2. The smallest absolute Gasteiger partial charge is 0.433 e. The SMILES string of the molecule is CC(C)CNC(=O)c1nc(-c2ccc(OC(C)C)c3nc(C(F)(F)F)ccc23)oc1CN. The third-order valence-corrected chi connectivity index (χ3v) is 4.47. The molecule has 0 spiro atoms. The lowest BCUT2D eigenvalue weighted by atomic mass is 10.1. The van der Waals surface area contributed by atoms with Crippen molar-refractivity contribution >= 4 is 16.8 Å². The summed E-state index contributed by atoms with van der Waals surface area (Å²) in [4.78, 5) is 20.6. The van der Waals surface area contributed by atoms with Crippen molar-refractivity contribution in [1.29, 1.82) is 0 Å². The van der Waals surface area contributed by atoms with Crippen molar-refractivity contribution < 1.29 is 27.1 Å². The van der Waals surface area contributed by atoms with Crippen LogP contribution in [0.2, 0.25) is 0 Å². The number of pyridine rings is 1. The number of halogens is 3. The number of nitrogens with one attached hydrogen (secondary N) is 1. The van der Waals surface area contributed by atoms with Crippen molar-refractivity contribution in [2.24, 2.45) is 11.7 Å². The number of ether oxygens (including phenoxy) is 1. The molecule has 0 bridgehead atoms. The standard InChI is InChI=1S/C22H25F3N4O3/c1-11(2)10-27-20(30)19-16(9-26)32-21(29-19)14-5-7-15(31-12(3)4)18-13(14)6-8-17(28-18)22(23,24)25/h5-8,11-12H,9-10,26H2,1-4H3,(H,27,30). The van der Waals surface area contributed by atoms with Crippen LogP contribution in [0.5, 0.6) is 5.75 Å². The molecule has 1 aromatic carbocycles. The average Bonchev–Trinajstić information content (AvgIpc) is 3.15. The molecular weight excluding hydrogens is 425 g/mol. The van der Waals surface area contributed by atoms with Gasteiger partial charge in [0.05, 0.1) is 12.6 Å². The van der Waals surface area contributed by atoms with E-state index in [4.69, 9.17) is 14.9 Å². The highest BCUT2D eigenvalue weighted by molar-refractivity contribution is 5.98. The fraction of sp³-hybridized carbons (Fsp3) is 0.409. The Morgan fingerprint density at radius 3 is 2.47 bits per heavy atom. The van der Waals surface area contributed by atoms with Crippen LogP contribution in [0.4, 0.5) is 13.2 Å². The lowest BCUT2D eigenvalue weighted by Gasteiger charge is -2.15. The minimum atomic E-state index is -4.61. The summed E-state index contributed by atoms with van der Waals surface area (Å²) in [6.07, 6.45) is -4.89. The molecule has 10 heteroatoms. The molecule has 0 unspecified atom stereocenters. The van der Waals surface area contributed by atoms with E-state index >= 15 is 0 Å². The number of carbonyl (C=O) groups excluding carboxylic acids is 1. The predicted octanol–water partition coefficient (Wildman–Crippen LogP) is 4.54. The number of nitrogens with two attached hydrogens (primary N) is 1. The van der Waals surface area contributed by atoms with Crippen LogP contribution in [0, 0.1) is 5.92 Å². The van der Waals surface area contributed by atoms with E-state index in [2.05, 4.69) is 15.3 Å². The summed E-state index contributed by atoms with van der Waals surface area (Å²) in [5.74, 6) is 0.235. The maximum absolute atomic E-state index is 13.3. The zero-order chi connectivity index (χ0) is 23.6. The summed E-state index contributed by atoms with van der Waals surface area (Å²) in [6, 6.07) is 5.29. The number of alkyl halides is 3. The maximum atomic E-state index is 13.3. The molecule has 0 fully saturated rings. The third-order valence-electron chi connectivity index (χ3n) is 4.47. The van der Waals surface area contributed by atoms with Crippen molar-refractivity contribution in [3.8, 4) is 17.2 Å². The molecule has 32 heavy (non-hydrogen) atoms. The third kappa shape index (κ3) is 5.01. The first-order chi connectivity index (χ1) is 15.0. The minimum Gasteiger partial charge on any atom is -0.489 e. The Bertz CT molecular complexity index is 1120. The summed E-state index contributed by atoms with van der Waals surface area (Å²) in [7, 11) is 0. The van der Waals surface area contributed by atoms with E-state index in [1.54, 1.807) is 19.9 Å². The van der Waals surface area contributed by atoms with Gasteiger partial charge in [-0.15, -0.1) is 0 Å². The number of hydrogen-bond donors (Lipinski definition) is 2. The Balaban J connectivity index is 2.14. The average molecular weight is 450 g/mol. The van der Waals surface area contributed by atoms with E-state index < -0.39 is 17.8 Å². The normalized spacial score (nSPS) is 12.1. The van der Waals surface area contributed by atoms with Gasteiger partial charge in [0.2, 0.25) is 5.89 Å². The molecule has 3 N–H and O–H groups in total. The van der Waals surface area contributed by atoms with Crippen LogP contribution in [0.25, 0.3) is 22.4 Å². The Labute approximate surface area is 183 Å². The van der Waals surface area contributed by atoms with Crippen LogP contribution in [0.15, 0.2) is 28.7 Å². The van der Waals surface area contributed by atoms with E-state index in [9.17, 15) is 18.0 Å². The molecule has 2 aromatic heterocycles. The fourth-order valence-electron chi connectivity index (χ4n) is 3.05. The molecule has 0 atom stereocenters. The number of hydrogen-bond acceptors (Lipinski definition) is 6. The predicted molar refractivity (Wildman–Crippen MR) is 113 cm³/mol. The highest BCUT2D eigenvalue weighted by Crippen LogP contribution is 2.37. The lowest BCUT2D eigenvalue weighted by Crippen LogP contribution is -2.28. The van der Waals surface area contributed by atoms with Crippen molar-refractivity contribution in [2.75, 3.05) is 6.54 Å². The van der Waals surface area contributed by atoms with Gasteiger partial charge in [-0.2, -0.15) is 13.2 Å². The molecule has 0 aliphatic rings.